The molecule has 2 heterocycles. The molecule has 0 aromatic carbocycles. The Balaban J connectivity index is 1.80. The number of rotatable bonds is 2. The van der Waals surface area contributed by atoms with E-state index in [0.29, 0.717) is 18.4 Å². The van der Waals surface area contributed by atoms with Crippen molar-refractivity contribution >= 4 is 6.03 Å². The standard InChI is InChI=1S/C11H21N3O2/c1-14(2)11(15)13-6-10-9-5-12-4-3-8(9)7-16-10/h8-10,12H,3-7H2,1-2H3,(H,13,15)/t8-,9-,10+/m0/s1. The van der Waals surface area contributed by atoms with Crippen molar-refractivity contribution in [1.82, 2.24) is 15.5 Å². The van der Waals surface area contributed by atoms with Crippen LogP contribution in [0, 0.1) is 11.8 Å². The number of hydrogen-bond donors (Lipinski definition) is 2. The van der Waals surface area contributed by atoms with Gasteiger partial charge in [-0.1, -0.05) is 0 Å². The molecule has 16 heavy (non-hydrogen) atoms. The molecular weight excluding hydrogens is 206 g/mol. The van der Waals surface area contributed by atoms with Gasteiger partial charge >= 0.3 is 6.03 Å². The minimum absolute atomic E-state index is 0.0455. The maximum absolute atomic E-state index is 11.4. The van der Waals surface area contributed by atoms with E-state index in [2.05, 4.69) is 10.6 Å². The predicted octanol–water partition coefficient (Wildman–Crippen LogP) is -0.118. The summed E-state index contributed by atoms with van der Waals surface area (Å²) in [6.45, 7) is 3.60. The van der Waals surface area contributed by atoms with Crippen LogP contribution in [-0.4, -0.2) is 57.4 Å². The molecule has 2 amide bonds. The van der Waals surface area contributed by atoms with Gasteiger partial charge in [0.1, 0.15) is 0 Å². The summed E-state index contributed by atoms with van der Waals surface area (Å²) in [4.78, 5) is 13.0. The molecular formula is C11H21N3O2. The van der Waals surface area contributed by atoms with E-state index < -0.39 is 0 Å². The van der Waals surface area contributed by atoms with Crippen molar-refractivity contribution in [3.8, 4) is 0 Å². The van der Waals surface area contributed by atoms with Crippen LogP contribution in [0.15, 0.2) is 0 Å². The first-order valence-electron chi connectivity index (χ1n) is 5.96. The molecule has 0 aromatic heterocycles. The second kappa shape index (κ2) is 5.01. The van der Waals surface area contributed by atoms with Gasteiger partial charge in [-0.05, 0) is 18.9 Å². The fourth-order valence-corrected chi connectivity index (χ4v) is 2.51. The third-order valence-corrected chi connectivity index (χ3v) is 3.54. The Hall–Kier alpha value is -0.810. The Morgan fingerprint density at radius 3 is 3.12 bits per heavy atom. The lowest BCUT2D eigenvalue weighted by Gasteiger charge is -2.28. The van der Waals surface area contributed by atoms with Gasteiger partial charge in [0.2, 0.25) is 0 Å². The first-order chi connectivity index (χ1) is 7.68. The first-order valence-corrected chi connectivity index (χ1v) is 5.96. The van der Waals surface area contributed by atoms with Gasteiger partial charge in [-0.15, -0.1) is 0 Å². The highest BCUT2D eigenvalue weighted by atomic mass is 16.5. The molecule has 0 bridgehead atoms. The molecule has 2 saturated heterocycles. The maximum Gasteiger partial charge on any atom is 0.316 e. The molecule has 5 nitrogen and oxygen atoms in total. The quantitative estimate of drug-likeness (QED) is 0.691. The molecule has 0 unspecified atom stereocenters. The van der Waals surface area contributed by atoms with Crippen LogP contribution in [0.1, 0.15) is 6.42 Å². The average molecular weight is 227 g/mol. The normalized spacial score (nSPS) is 33.2. The van der Waals surface area contributed by atoms with Gasteiger partial charge in [0.25, 0.3) is 0 Å². The summed E-state index contributed by atoms with van der Waals surface area (Å²) in [7, 11) is 3.49. The number of ether oxygens (including phenoxy) is 1. The molecule has 0 radical (unpaired) electrons. The SMILES string of the molecule is CN(C)C(=O)NC[C@H]1OC[C@@H]2CCNC[C@@H]21. The summed E-state index contributed by atoms with van der Waals surface area (Å²) in [6, 6.07) is -0.0455. The van der Waals surface area contributed by atoms with Crippen molar-refractivity contribution in [3.05, 3.63) is 0 Å². The van der Waals surface area contributed by atoms with Crippen LogP contribution < -0.4 is 10.6 Å². The highest BCUT2D eigenvalue weighted by Crippen LogP contribution is 2.30. The lowest BCUT2D eigenvalue weighted by Crippen LogP contribution is -2.45. The number of piperidine rings is 1. The van der Waals surface area contributed by atoms with Crippen molar-refractivity contribution in [2.75, 3.05) is 40.3 Å². The van der Waals surface area contributed by atoms with Crippen molar-refractivity contribution in [2.24, 2.45) is 11.8 Å². The molecule has 2 fully saturated rings. The van der Waals surface area contributed by atoms with E-state index in [9.17, 15) is 4.79 Å². The van der Waals surface area contributed by atoms with E-state index in [4.69, 9.17) is 4.74 Å². The van der Waals surface area contributed by atoms with E-state index in [0.717, 1.165) is 19.7 Å². The summed E-state index contributed by atoms with van der Waals surface area (Å²) in [5.74, 6) is 1.25. The predicted molar refractivity (Wildman–Crippen MR) is 61.3 cm³/mol. The number of hydrogen-bond acceptors (Lipinski definition) is 3. The van der Waals surface area contributed by atoms with Crippen molar-refractivity contribution in [3.63, 3.8) is 0 Å². The van der Waals surface area contributed by atoms with Crippen LogP contribution in [-0.2, 0) is 4.74 Å². The highest BCUT2D eigenvalue weighted by molar-refractivity contribution is 5.73. The molecule has 2 rings (SSSR count). The van der Waals surface area contributed by atoms with Gasteiger partial charge in [0, 0.05) is 33.1 Å². The lowest BCUT2D eigenvalue weighted by atomic mass is 9.85. The second-order valence-corrected chi connectivity index (χ2v) is 4.87. The molecule has 0 aliphatic carbocycles. The van der Waals surface area contributed by atoms with E-state index in [1.54, 1.807) is 19.0 Å². The number of carbonyl (C=O) groups excluding carboxylic acids is 1. The summed E-state index contributed by atoms with van der Waals surface area (Å²) < 4.78 is 5.76. The number of nitrogens with zero attached hydrogens (tertiary/aromatic N) is 1. The molecule has 2 N–H and O–H groups in total. The molecule has 0 aromatic rings. The maximum atomic E-state index is 11.4. The largest absolute Gasteiger partial charge is 0.376 e. The molecule has 92 valence electrons. The van der Waals surface area contributed by atoms with Crippen LogP contribution in [0.4, 0.5) is 4.79 Å². The molecule has 3 atom stereocenters. The Morgan fingerprint density at radius 2 is 2.38 bits per heavy atom. The van der Waals surface area contributed by atoms with Crippen LogP contribution >= 0.6 is 0 Å². The Kier molecular flexibility index (Phi) is 3.66. The molecule has 2 aliphatic rings. The van der Waals surface area contributed by atoms with Crippen LogP contribution in [0.3, 0.4) is 0 Å². The van der Waals surface area contributed by atoms with Gasteiger partial charge in [0.15, 0.2) is 0 Å². The fourth-order valence-electron chi connectivity index (χ4n) is 2.51. The second-order valence-electron chi connectivity index (χ2n) is 4.87. The van der Waals surface area contributed by atoms with Crippen LogP contribution in [0.25, 0.3) is 0 Å². The first kappa shape index (κ1) is 11.7. The summed E-state index contributed by atoms with van der Waals surface area (Å²) >= 11 is 0. The minimum atomic E-state index is -0.0455. The van der Waals surface area contributed by atoms with E-state index in [1.165, 1.54) is 6.42 Å². The topological polar surface area (TPSA) is 53.6 Å². The minimum Gasteiger partial charge on any atom is -0.376 e. The number of amides is 2. The van der Waals surface area contributed by atoms with Crippen molar-refractivity contribution < 1.29 is 9.53 Å². The fraction of sp³-hybridized carbons (Fsp3) is 0.909. The van der Waals surface area contributed by atoms with Gasteiger partial charge in [-0.3, -0.25) is 0 Å². The molecule has 5 heteroatoms. The molecule has 0 saturated carbocycles. The Morgan fingerprint density at radius 1 is 1.56 bits per heavy atom. The summed E-state index contributed by atoms with van der Waals surface area (Å²) in [5, 5.41) is 6.28. The lowest BCUT2D eigenvalue weighted by molar-refractivity contribution is 0.0904. The average Bonchev–Trinajstić information content (AvgIpc) is 2.69. The smallest absolute Gasteiger partial charge is 0.316 e. The van der Waals surface area contributed by atoms with E-state index in [1.807, 2.05) is 0 Å². The zero-order valence-corrected chi connectivity index (χ0v) is 10.0. The van der Waals surface area contributed by atoms with Gasteiger partial charge in [-0.25, -0.2) is 4.79 Å². The Labute approximate surface area is 96.5 Å². The van der Waals surface area contributed by atoms with Crippen molar-refractivity contribution in [1.29, 1.82) is 0 Å². The third kappa shape index (κ3) is 2.47. The zero-order valence-electron chi connectivity index (χ0n) is 10.0. The summed E-state index contributed by atoms with van der Waals surface area (Å²) in [5.41, 5.74) is 0. The van der Waals surface area contributed by atoms with Gasteiger partial charge in [0.05, 0.1) is 12.7 Å². The molecule has 2 aliphatic heterocycles. The van der Waals surface area contributed by atoms with E-state index in [-0.39, 0.29) is 12.1 Å². The monoisotopic (exact) mass is 227 g/mol. The zero-order chi connectivity index (χ0) is 11.5. The van der Waals surface area contributed by atoms with Crippen LogP contribution in [0.5, 0.6) is 0 Å². The van der Waals surface area contributed by atoms with Crippen molar-refractivity contribution in [2.45, 2.75) is 12.5 Å². The third-order valence-electron chi connectivity index (χ3n) is 3.54. The Bertz CT molecular complexity index is 258. The number of carbonyl (C=O) groups is 1. The number of nitrogens with one attached hydrogen (secondary N) is 2. The number of urea groups is 1. The van der Waals surface area contributed by atoms with Gasteiger partial charge in [-0.2, -0.15) is 0 Å². The summed E-state index contributed by atoms with van der Waals surface area (Å²) in [6.07, 6.45) is 1.38. The van der Waals surface area contributed by atoms with Crippen LogP contribution in [0.2, 0.25) is 0 Å². The highest BCUT2D eigenvalue weighted by Gasteiger charge is 2.38. The van der Waals surface area contributed by atoms with Gasteiger partial charge < -0.3 is 20.3 Å². The molecule has 0 spiro atoms. The van der Waals surface area contributed by atoms with E-state index >= 15 is 0 Å². The number of fused-ring (bicyclic) bond motifs is 1.